The molecule has 2 N–H and O–H groups in total. The summed E-state index contributed by atoms with van der Waals surface area (Å²) in [6, 6.07) is 9.61. The molecular weight excluding hydrogens is 200 g/mol. The van der Waals surface area contributed by atoms with Crippen LogP contribution in [-0.4, -0.2) is 17.3 Å². The van der Waals surface area contributed by atoms with Gasteiger partial charge in [-0.3, -0.25) is 9.78 Å². The lowest BCUT2D eigenvalue weighted by molar-refractivity contribution is 0.0934. The average Bonchev–Trinajstić information content (AvgIpc) is 2.36. The van der Waals surface area contributed by atoms with Crippen LogP contribution in [0.5, 0.6) is 0 Å². The molecule has 1 unspecified atom stereocenters. The van der Waals surface area contributed by atoms with Crippen molar-refractivity contribution < 1.29 is 4.79 Å². The predicted octanol–water partition coefficient (Wildman–Crippen LogP) is 2.01. The number of nitrogens with two attached hydrogens (primary N) is 1. The van der Waals surface area contributed by atoms with Crippen LogP contribution in [0.1, 0.15) is 17.3 Å². The third-order valence-electron chi connectivity index (χ3n) is 2.68. The van der Waals surface area contributed by atoms with Gasteiger partial charge in [0, 0.05) is 29.6 Å². The SMILES string of the molecule is CC(CN)C(=O)c1cnc2ccccc2c1. The minimum atomic E-state index is -0.150. The Kier molecular flexibility index (Phi) is 2.97. The number of aromatic nitrogens is 1. The first-order valence-corrected chi connectivity index (χ1v) is 5.31. The predicted molar refractivity (Wildman–Crippen MR) is 64.3 cm³/mol. The molecule has 0 spiro atoms. The Bertz CT molecular complexity index is 522. The Labute approximate surface area is 94.3 Å². The molecule has 0 radical (unpaired) electrons. The molecule has 0 saturated carbocycles. The third kappa shape index (κ3) is 1.95. The molecule has 0 fully saturated rings. The van der Waals surface area contributed by atoms with E-state index in [0.717, 1.165) is 10.9 Å². The van der Waals surface area contributed by atoms with Gasteiger partial charge in [-0.15, -0.1) is 0 Å². The molecule has 1 aromatic carbocycles. The van der Waals surface area contributed by atoms with Gasteiger partial charge in [0.15, 0.2) is 5.78 Å². The zero-order valence-corrected chi connectivity index (χ0v) is 9.18. The molecular formula is C13H14N2O. The molecule has 3 nitrogen and oxygen atoms in total. The molecule has 1 heterocycles. The van der Waals surface area contributed by atoms with Gasteiger partial charge < -0.3 is 5.73 Å². The van der Waals surface area contributed by atoms with Crippen LogP contribution in [0.2, 0.25) is 0 Å². The summed E-state index contributed by atoms with van der Waals surface area (Å²) in [7, 11) is 0. The summed E-state index contributed by atoms with van der Waals surface area (Å²) < 4.78 is 0. The number of hydrogen-bond acceptors (Lipinski definition) is 3. The van der Waals surface area contributed by atoms with E-state index < -0.39 is 0 Å². The number of pyridine rings is 1. The summed E-state index contributed by atoms with van der Waals surface area (Å²) in [5.41, 5.74) is 7.02. The highest BCUT2D eigenvalue weighted by atomic mass is 16.1. The fraction of sp³-hybridized carbons (Fsp3) is 0.231. The maximum Gasteiger partial charge on any atom is 0.168 e. The van der Waals surface area contributed by atoms with Crippen LogP contribution >= 0.6 is 0 Å². The molecule has 0 amide bonds. The van der Waals surface area contributed by atoms with Crippen molar-refractivity contribution in [1.82, 2.24) is 4.98 Å². The minimum absolute atomic E-state index is 0.0563. The van der Waals surface area contributed by atoms with Crippen molar-refractivity contribution in [3.05, 3.63) is 42.1 Å². The molecule has 0 aliphatic heterocycles. The molecule has 3 heteroatoms. The van der Waals surface area contributed by atoms with Gasteiger partial charge in [0.1, 0.15) is 0 Å². The van der Waals surface area contributed by atoms with Crippen molar-refractivity contribution in [3.63, 3.8) is 0 Å². The van der Waals surface area contributed by atoms with Gasteiger partial charge in [-0.1, -0.05) is 25.1 Å². The van der Waals surface area contributed by atoms with E-state index in [1.165, 1.54) is 0 Å². The van der Waals surface area contributed by atoms with Gasteiger partial charge in [-0.25, -0.2) is 0 Å². The monoisotopic (exact) mass is 214 g/mol. The van der Waals surface area contributed by atoms with Crippen LogP contribution < -0.4 is 5.73 Å². The Hall–Kier alpha value is -1.74. The second kappa shape index (κ2) is 4.41. The Balaban J connectivity index is 2.43. The van der Waals surface area contributed by atoms with E-state index in [-0.39, 0.29) is 11.7 Å². The molecule has 1 atom stereocenters. The first-order valence-electron chi connectivity index (χ1n) is 5.31. The number of hydrogen-bond donors (Lipinski definition) is 1. The molecule has 0 bridgehead atoms. The van der Waals surface area contributed by atoms with Crippen molar-refractivity contribution in [3.8, 4) is 0 Å². The molecule has 0 aliphatic rings. The van der Waals surface area contributed by atoms with E-state index >= 15 is 0 Å². The summed E-state index contributed by atoms with van der Waals surface area (Å²) in [6.07, 6.45) is 1.62. The summed E-state index contributed by atoms with van der Waals surface area (Å²) in [6.45, 7) is 2.20. The molecule has 16 heavy (non-hydrogen) atoms. The van der Waals surface area contributed by atoms with Crippen molar-refractivity contribution in [2.24, 2.45) is 11.7 Å². The number of Topliss-reactive ketones (excluding diaryl/α,β-unsaturated/α-hetero) is 1. The maximum atomic E-state index is 11.9. The van der Waals surface area contributed by atoms with Gasteiger partial charge in [-0.2, -0.15) is 0 Å². The van der Waals surface area contributed by atoms with E-state index in [0.29, 0.717) is 12.1 Å². The number of nitrogens with zero attached hydrogens (tertiary/aromatic N) is 1. The lowest BCUT2D eigenvalue weighted by Gasteiger charge is -2.07. The number of carbonyl (C=O) groups excluding carboxylic acids is 1. The van der Waals surface area contributed by atoms with E-state index in [9.17, 15) is 4.79 Å². The summed E-state index contributed by atoms with van der Waals surface area (Å²) in [5, 5.41) is 0.984. The quantitative estimate of drug-likeness (QED) is 0.795. The smallest absolute Gasteiger partial charge is 0.168 e. The van der Waals surface area contributed by atoms with Gasteiger partial charge in [0.25, 0.3) is 0 Å². The summed E-state index contributed by atoms with van der Waals surface area (Å²) in [5.74, 6) is -0.0938. The van der Waals surface area contributed by atoms with Crippen molar-refractivity contribution in [2.45, 2.75) is 6.92 Å². The number of para-hydroxylation sites is 1. The number of ketones is 1. The first kappa shape index (κ1) is 10.8. The highest BCUT2D eigenvalue weighted by Crippen LogP contribution is 2.15. The van der Waals surface area contributed by atoms with Gasteiger partial charge >= 0.3 is 0 Å². The van der Waals surface area contributed by atoms with Gasteiger partial charge in [0.05, 0.1) is 5.52 Å². The van der Waals surface area contributed by atoms with Crippen LogP contribution in [0.4, 0.5) is 0 Å². The number of rotatable bonds is 3. The zero-order valence-electron chi connectivity index (χ0n) is 9.18. The fourth-order valence-electron chi connectivity index (χ4n) is 1.60. The first-order chi connectivity index (χ1) is 7.72. The van der Waals surface area contributed by atoms with Crippen LogP contribution in [0.3, 0.4) is 0 Å². The Morgan fingerprint density at radius 2 is 2.19 bits per heavy atom. The maximum absolute atomic E-state index is 11.9. The van der Waals surface area contributed by atoms with E-state index in [4.69, 9.17) is 5.73 Å². The van der Waals surface area contributed by atoms with Crippen molar-refractivity contribution >= 4 is 16.7 Å². The molecule has 82 valence electrons. The number of carbonyl (C=O) groups is 1. The molecule has 2 aromatic rings. The van der Waals surface area contributed by atoms with Crippen molar-refractivity contribution in [2.75, 3.05) is 6.54 Å². The zero-order chi connectivity index (χ0) is 11.5. The lowest BCUT2D eigenvalue weighted by Crippen LogP contribution is -2.20. The van der Waals surface area contributed by atoms with Crippen LogP contribution in [0, 0.1) is 5.92 Å². The topological polar surface area (TPSA) is 56.0 Å². The van der Waals surface area contributed by atoms with Crippen LogP contribution in [0.15, 0.2) is 36.5 Å². The highest BCUT2D eigenvalue weighted by Gasteiger charge is 2.13. The van der Waals surface area contributed by atoms with Crippen LogP contribution in [0.25, 0.3) is 10.9 Å². The van der Waals surface area contributed by atoms with E-state index in [1.807, 2.05) is 37.3 Å². The fourth-order valence-corrected chi connectivity index (χ4v) is 1.60. The molecule has 2 rings (SSSR count). The van der Waals surface area contributed by atoms with Gasteiger partial charge in [-0.05, 0) is 12.1 Å². The van der Waals surface area contributed by atoms with Crippen molar-refractivity contribution in [1.29, 1.82) is 0 Å². The third-order valence-corrected chi connectivity index (χ3v) is 2.68. The minimum Gasteiger partial charge on any atom is -0.330 e. The van der Waals surface area contributed by atoms with Crippen LogP contribution in [-0.2, 0) is 0 Å². The molecule has 0 saturated heterocycles. The Morgan fingerprint density at radius 3 is 2.94 bits per heavy atom. The number of benzene rings is 1. The second-order valence-corrected chi connectivity index (χ2v) is 3.92. The largest absolute Gasteiger partial charge is 0.330 e. The normalized spacial score (nSPS) is 12.6. The van der Waals surface area contributed by atoms with Gasteiger partial charge in [0.2, 0.25) is 0 Å². The summed E-state index contributed by atoms with van der Waals surface area (Å²) >= 11 is 0. The second-order valence-electron chi connectivity index (χ2n) is 3.92. The lowest BCUT2D eigenvalue weighted by atomic mass is 10.00. The highest BCUT2D eigenvalue weighted by molar-refractivity contribution is 6.00. The molecule has 0 aliphatic carbocycles. The number of fused-ring (bicyclic) bond motifs is 1. The van der Waals surface area contributed by atoms with E-state index in [1.54, 1.807) is 6.20 Å². The molecule has 1 aromatic heterocycles. The Morgan fingerprint density at radius 1 is 1.44 bits per heavy atom. The standard InChI is InChI=1S/C13H14N2O/c1-9(7-14)13(16)11-6-10-4-2-3-5-12(10)15-8-11/h2-6,8-9H,7,14H2,1H3. The van der Waals surface area contributed by atoms with E-state index in [2.05, 4.69) is 4.98 Å². The average molecular weight is 214 g/mol. The summed E-state index contributed by atoms with van der Waals surface area (Å²) in [4.78, 5) is 16.2.